The average molecular weight is 273 g/mol. The lowest BCUT2D eigenvalue weighted by Gasteiger charge is -2.08. The molecule has 0 saturated carbocycles. The molecule has 4 nitrogen and oxygen atoms in total. The molecule has 0 fully saturated rings. The molecule has 0 aliphatic carbocycles. The Balaban J connectivity index is 2.25. The number of alkyl halides is 1. The van der Waals surface area contributed by atoms with Gasteiger partial charge in [0.1, 0.15) is 4.83 Å². The molecule has 82 valence electrons. The summed E-state index contributed by atoms with van der Waals surface area (Å²) in [6.07, 6.45) is 3.51. The number of halogens is 1. The van der Waals surface area contributed by atoms with E-state index in [1.54, 1.807) is 12.4 Å². The van der Waals surface area contributed by atoms with E-state index in [1.807, 2.05) is 12.1 Å². The molecule has 1 aromatic rings. The van der Waals surface area contributed by atoms with Gasteiger partial charge in [-0.15, -0.1) is 0 Å². The van der Waals surface area contributed by atoms with Gasteiger partial charge in [-0.05, 0) is 11.6 Å². The Morgan fingerprint density at radius 1 is 1.73 bits per heavy atom. The van der Waals surface area contributed by atoms with E-state index < -0.39 is 0 Å². The summed E-state index contributed by atoms with van der Waals surface area (Å²) >= 11 is 3.22. The number of nitrogens with one attached hydrogen (secondary N) is 1. The van der Waals surface area contributed by atoms with Crippen LogP contribution in [0.5, 0.6) is 0 Å². The molecule has 0 aromatic carbocycles. The van der Waals surface area contributed by atoms with E-state index in [0.717, 1.165) is 5.56 Å². The van der Waals surface area contributed by atoms with Gasteiger partial charge in [0.2, 0.25) is 0 Å². The number of esters is 1. The minimum absolute atomic E-state index is 0.270. The largest absolute Gasteiger partial charge is 0.468 e. The van der Waals surface area contributed by atoms with Gasteiger partial charge in [0.05, 0.1) is 7.11 Å². The Morgan fingerprint density at radius 3 is 3.13 bits per heavy atom. The van der Waals surface area contributed by atoms with Crippen LogP contribution in [0.15, 0.2) is 24.5 Å². The number of carbonyl (C=O) groups excluding carboxylic acids is 1. The standard InChI is InChI=1S/C10H13BrN2O2/c1-15-10(14)9(11)7-13-6-8-3-2-4-12-5-8/h2-5,9,13H,6-7H2,1H3. The highest BCUT2D eigenvalue weighted by atomic mass is 79.9. The van der Waals surface area contributed by atoms with Gasteiger partial charge in [0.15, 0.2) is 0 Å². The maximum atomic E-state index is 11.0. The first-order chi connectivity index (χ1) is 7.24. The molecule has 0 radical (unpaired) electrons. The molecule has 1 unspecified atom stereocenters. The molecule has 0 saturated heterocycles. The SMILES string of the molecule is COC(=O)C(Br)CNCc1cccnc1. The van der Waals surface area contributed by atoms with Crippen molar-refractivity contribution in [3.63, 3.8) is 0 Å². The van der Waals surface area contributed by atoms with Crippen molar-refractivity contribution in [1.29, 1.82) is 0 Å². The van der Waals surface area contributed by atoms with Crippen LogP contribution in [0.4, 0.5) is 0 Å². The van der Waals surface area contributed by atoms with Crippen LogP contribution in [0.2, 0.25) is 0 Å². The van der Waals surface area contributed by atoms with Crippen LogP contribution < -0.4 is 5.32 Å². The van der Waals surface area contributed by atoms with Crippen LogP contribution in [0, 0.1) is 0 Å². The zero-order chi connectivity index (χ0) is 11.1. The van der Waals surface area contributed by atoms with Crippen LogP contribution >= 0.6 is 15.9 Å². The summed E-state index contributed by atoms with van der Waals surface area (Å²) in [5.41, 5.74) is 1.09. The molecule has 1 heterocycles. The number of nitrogens with zero attached hydrogens (tertiary/aromatic N) is 1. The van der Waals surface area contributed by atoms with E-state index in [0.29, 0.717) is 13.1 Å². The smallest absolute Gasteiger partial charge is 0.320 e. The van der Waals surface area contributed by atoms with Gasteiger partial charge < -0.3 is 10.1 Å². The van der Waals surface area contributed by atoms with Crippen LogP contribution in [-0.4, -0.2) is 29.4 Å². The van der Waals surface area contributed by atoms with Gasteiger partial charge in [-0.1, -0.05) is 22.0 Å². The van der Waals surface area contributed by atoms with Gasteiger partial charge in [0, 0.05) is 25.5 Å². The van der Waals surface area contributed by atoms with E-state index in [9.17, 15) is 4.79 Å². The van der Waals surface area contributed by atoms with E-state index in [-0.39, 0.29) is 10.8 Å². The Labute approximate surface area is 97.2 Å². The average Bonchev–Trinajstić information content (AvgIpc) is 2.29. The second kappa shape index (κ2) is 6.53. The fourth-order valence-corrected chi connectivity index (χ4v) is 1.47. The number of carbonyl (C=O) groups is 1. The van der Waals surface area contributed by atoms with Gasteiger partial charge >= 0.3 is 5.97 Å². The fourth-order valence-electron chi connectivity index (χ4n) is 1.06. The molecule has 0 aliphatic rings. The van der Waals surface area contributed by atoms with Crippen LogP contribution in [0.3, 0.4) is 0 Å². The zero-order valence-corrected chi connectivity index (χ0v) is 10.0. The first-order valence-corrected chi connectivity index (χ1v) is 5.47. The van der Waals surface area contributed by atoms with Crippen LogP contribution in [0.25, 0.3) is 0 Å². The maximum absolute atomic E-state index is 11.0. The fraction of sp³-hybridized carbons (Fsp3) is 0.400. The zero-order valence-electron chi connectivity index (χ0n) is 8.44. The molecule has 1 rings (SSSR count). The molecule has 1 atom stereocenters. The minimum Gasteiger partial charge on any atom is -0.468 e. The van der Waals surface area contributed by atoms with Crippen molar-refractivity contribution < 1.29 is 9.53 Å². The third-order valence-corrected chi connectivity index (χ3v) is 2.53. The molecule has 0 spiro atoms. The second-order valence-corrected chi connectivity index (χ2v) is 4.09. The topological polar surface area (TPSA) is 51.2 Å². The lowest BCUT2D eigenvalue weighted by atomic mass is 10.3. The lowest BCUT2D eigenvalue weighted by Crippen LogP contribution is -2.29. The van der Waals surface area contributed by atoms with E-state index in [4.69, 9.17) is 0 Å². The first-order valence-electron chi connectivity index (χ1n) is 4.55. The highest BCUT2D eigenvalue weighted by Crippen LogP contribution is 2.01. The third-order valence-electron chi connectivity index (χ3n) is 1.83. The molecular formula is C10H13BrN2O2. The number of hydrogen-bond donors (Lipinski definition) is 1. The Bertz CT molecular complexity index is 306. The molecule has 15 heavy (non-hydrogen) atoms. The number of hydrogen-bond acceptors (Lipinski definition) is 4. The predicted octanol–water partition coefficient (Wildman–Crippen LogP) is 1.11. The van der Waals surface area contributed by atoms with Gasteiger partial charge in [0.25, 0.3) is 0 Å². The Hall–Kier alpha value is -0.940. The summed E-state index contributed by atoms with van der Waals surface area (Å²) in [5, 5.41) is 3.13. The van der Waals surface area contributed by atoms with Crippen molar-refractivity contribution in [3.05, 3.63) is 30.1 Å². The van der Waals surface area contributed by atoms with Crippen LogP contribution in [-0.2, 0) is 16.1 Å². The Morgan fingerprint density at radius 2 is 2.53 bits per heavy atom. The molecule has 0 aliphatic heterocycles. The summed E-state index contributed by atoms with van der Waals surface area (Å²) in [4.78, 5) is 14.7. The second-order valence-electron chi connectivity index (χ2n) is 2.98. The molecule has 0 bridgehead atoms. The van der Waals surface area contributed by atoms with Gasteiger partial charge in [-0.2, -0.15) is 0 Å². The molecule has 1 aromatic heterocycles. The van der Waals surface area contributed by atoms with Crippen molar-refractivity contribution >= 4 is 21.9 Å². The number of pyridine rings is 1. The summed E-state index contributed by atoms with van der Waals surface area (Å²) in [7, 11) is 1.37. The summed E-state index contributed by atoms with van der Waals surface area (Å²) in [5.74, 6) is -0.270. The molecule has 1 N–H and O–H groups in total. The predicted molar refractivity (Wildman–Crippen MR) is 60.7 cm³/mol. The summed E-state index contributed by atoms with van der Waals surface area (Å²) < 4.78 is 4.58. The number of aromatic nitrogens is 1. The van der Waals surface area contributed by atoms with Crippen molar-refractivity contribution in [3.8, 4) is 0 Å². The van der Waals surface area contributed by atoms with Gasteiger partial charge in [-0.25, -0.2) is 0 Å². The van der Waals surface area contributed by atoms with Crippen molar-refractivity contribution in [1.82, 2.24) is 10.3 Å². The third kappa shape index (κ3) is 4.40. The summed E-state index contributed by atoms with van der Waals surface area (Å²) in [6, 6.07) is 3.85. The first kappa shape index (κ1) is 12.1. The lowest BCUT2D eigenvalue weighted by molar-refractivity contribution is -0.139. The van der Waals surface area contributed by atoms with Crippen molar-refractivity contribution in [2.75, 3.05) is 13.7 Å². The van der Waals surface area contributed by atoms with Crippen molar-refractivity contribution in [2.45, 2.75) is 11.4 Å². The van der Waals surface area contributed by atoms with Crippen LogP contribution in [0.1, 0.15) is 5.56 Å². The number of rotatable bonds is 5. The molecule has 5 heteroatoms. The van der Waals surface area contributed by atoms with E-state index in [1.165, 1.54) is 7.11 Å². The summed E-state index contributed by atoms with van der Waals surface area (Å²) in [6.45, 7) is 1.22. The van der Waals surface area contributed by atoms with Crippen molar-refractivity contribution in [2.24, 2.45) is 0 Å². The molecule has 0 amide bonds. The highest BCUT2D eigenvalue weighted by Gasteiger charge is 2.13. The van der Waals surface area contributed by atoms with E-state index >= 15 is 0 Å². The monoisotopic (exact) mass is 272 g/mol. The minimum atomic E-state index is -0.306. The maximum Gasteiger partial charge on any atom is 0.320 e. The Kier molecular flexibility index (Phi) is 5.28. The molecular weight excluding hydrogens is 260 g/mol. The number of ether oxygens (including phenoxy) is 1. The van der Waals surface area contributed by atoms with E-state index in [2.05, 4.69) is 31.0 Å². The normalized spacial score (nSPS) is 12.1. The van der Waals surface area contributed by atoms with Gasteiger partial charge in [-0.3, -0.25) is 9.78 Å². The number of methoxy groups -OCH3 is 1. The quantitative estimate of drug-likeness (QED) is 0.645. The highest BCUT2D eigenvalue weighted by molar-refractivity contribution is 9.10.